The third-order valence-electron chi connectivity index (χ3n) is 4.82. The minimum absolute atomic E-state index is 0.203. The van der Waals surface area contributed by atoms with Crippen molar-refractivity contribution in [1.82, 2.24) is 5.32 Å². The summed E-state index contributed by atoms with van der Waals surface area (Å²) in [5.41, 5.74) is 0. The zero-order valence-electron chi connectivity index (χ0n) is 19.9. The number of ether oxygens (including phenoxy) is 5. The van der Waals surface area contributed by atoms with Crippen molar-refractivity contribution >= 4 is 29.8 Å². The number of amides is 1. The van der Waals surface area contributed by atoms with Gasteiger partial charge in [-0.3, -0.25) is 24.0 Å². The maximum Gasteiger partial charge on any atom is 0.305 e. The van der Waals surface area contributed by atoms with E-state index in [0.29, 0.717) is 6.42 Å². The number of hydrogen-bond donors (Lipinski definition) is 1. The van der Waals surface area contributed by atoms with Gasteiger partial charge in [-0.1, -0.05) is 32.6 Å². The summed E-state index contributed by atoms with van der Waals surface area (Å²) in [5, 5.41) is 2.69. The minimum atomic E-state index is -1.37. The van der Waals surface area contributed by atoms with E-state index in [1.165, 1.54) is 6.92 Å². The largest absolute Gasteiger partial charge is 0.463 e. The standard InChI is InChI=1S/C22H35NO10/c1-6-7-8-9-10-11-18(28)23-19-21(31-15(4)26)20(30-14(3)25)17(12-29-13(2)24)33-22(19)32-16(5)27/h17,19-22H,6-12H2,1-5H3,(H,23,28)/t17-,19+,20-,21-,22-/m1/s1. The lowest BCUT2D eigenvalue weighted by molar-refractivity contribution is -0.271. The maximum absolute atomic E-state index is 12.6. The summed E-state index contributed by atoms with van der Waals surface area (Å²) < 4.78 is 26.6. The molecular weight excluding hydrogens is 438 g/mol. The molecule has 33 heavy (non-hydrogen) atoms. The summed E-state index contributed by atoms with van der Waals surface area (Å²) in [4.78, 5) is 59.2. The molecule has 0 aromatic heterocycles. The van der Waals surface area contributed by atoms with Gasteiger partial charge in [0.2, 0.25) is 12.2 Å². The highest BCUT2D eigenvalue weighted by molar-refractivity contribution is 5.76. The number of hydrogen-bond acceptors (Lipinski definition) is 10. The van der Waals surface area contributed by atoms with Gasteiger partial charge in [0.1, 0.15) is 18.8 Å². The first-order valence-corrected chi connectivity index (χ1v) is 11.1. The molecule has 1 N–H and O–H groups in total. The Hall–Kier alpha value is -2.69. The molecule has 0 unspecified atom stereocenters. The number of nitrogens with one attached hydrogen (secondary N) is 1. The molecule has 1 aliphatic rings. The molecule has 0 saturated carbocycles. The Balaban J connectivity index is 3.14. The third kappa shape index (κ3) is 10.6. The van der Waals surface area contributed by atoms with Gasteiger partial charge in [-0.05, 0) is 6.42 Å². The number of carbonyl (C=O) groups excluding carboxylic acids is 5. The molecular formula is C22H35NO10. The van der Waals surface area contributed by atoms with Crippen molar-refractivity contribution in [2.45, 2.75) is 104 Å². The van der Waals surface area contributed by atoms with E-state index in [-0.39, 0.29) is 18.9 Å². The van der Waals surface area contributed by atoms with Crippen molar-refractivity contribution in [2.75, 3.05) is 6.61 Å². The van der Waals surface area contributed by atoms with Crippen LogP contribution < -0.4 is 5.32 Å². The first-order valence-electron chi connectivity index (χ1n) is 11.1. The number of rotatable bonds is 12. The third-order valence-corrected chi connectivity index (χ3v) is 4.82. The molecule has 1 aliphatic heterocycles. The molecule has 0 spiro atoms. The van der Waals surface area contributed by atoms with Gasteiger partial charge in [-0.25, -0.2) is 0 Å². The topological polar surface area (TPSA) is 144 Å². The van der Waals surface area contributed by atoms with Gasteiger partial charge in [0, 0.05) is 34.1 Å². The summed E-state index contributed by atoms with van der Waals surface area (Å²) in [6.07, 6.45) is -0.0783. The lowest BCUT2D eigenvalue weighted by Gasteiger charge is -2.44. The molecule has 1 rings (SSSR count). The van der Waals surface area contributed by atoms with E-state index in [1.54, 1.807) is 0 Å². The van der Waals surface area contributed by atoms with Gasteiger partial charge in [-0.15, -0.1) is 0 Å². The second kappa shape index (κ2) is 14.5. The van der Waals surface area contributed by atoms with Gasteiger partial charge in [-0.2, -0.15) is 0 Å². The fourth-order valence-electron chi connectivity index (χ4n) is 3.47. The van der Waals surface area contributed by atoms with E-state index in [0.717, 1.165) is 46.5 Å². The lowest BCUT2D eigenvalue weighted by atomic mass is 9.95. The summed E-state index contributed by atoms with van der Waals surface area (Å²) >= 11 is 0. The van der Waals surface area contributed by atoms with Crippen LogP contribution in [0.5, 0.6) is 0 Å². The Kier molecular flexibility index (Phi) is 12.4. The lowest BCUT2D eigenvalue weighted by Crippen LogP contribution is -2.67. The molecule has 188 valence electrons. The average Bonchev–Trinajstić information content (AvgIpc) is 2.69. The molecule has 0 radical (unpaired) electrons. The summed E-state index contributed by atoms with van der Waals surface area (Å²) in [5.74, 6) is -3.12. The molecule has 0 bridgehead atoms. The first kappa shape index (κ1) is 28.3. The second-order valence-electron chi connectivity index (χ2n) is 7.86. The van der Waals surface area contributed by atoms with E-state index in [2.05, 4.69) is 12.2 Å². The molecule has 0 aliphatic carbocycles. The minimum Gasteiger partial charge on any atom is -0.463 e. The Bertz CT molecular complexity index is 695. The Morgan fingerprint density at radius 3 is 1.88 bits per heavy atom. The number of esters is 4. The predicted octanol–water partition coefficient (Wildman–Crippen LogP) is 1.55. The molecule has 0 aromatic carbocycles. The Morgan fingerprint density at radius 1 is 0.758 bits per heavy atom. The normalized spacial score (nSPS) is 24.3. The highest BCUT2D eigenvalue weighted by Crippen LogP contribution is 2.28. The quantitative estimate of drug-likeness (QED) is 0.252. The van der Waals surface area contributed by atoms with Gasteiger partial charge in [0.15, 0.2) is 12.2 Å². The van der Waals surface area contributed by atoms with Gasteiger partial charge >= 0.3 is 23.9 Å². The smallest absolute Gasteiger partial charge is 0.305 e. The van der Waals surface area contributed by atoms with Gasteiger partial charge in [0.25, 0.3) is 0 Å². The fourth-order valence-corrected chi connectivity index (χ4v) is 3.47. The first-order chi connectivity index (χ1) is 15.5. The predicted molar refractivity (Wildman–Crippen MR) is 113 cm³/mol. The van der Waals surface area contributed by atoms with E-state index in [4.69, 9.17) is 23.7 Å². The van der Waals surface area contributed by atoms with Gasteiger partial charge in [0.05, 0.1) is 0 Å². The van der Waals surface area contributed by atoms with Crippen LogP contribution in [-0.4, -0.2) is 67.0 Å². The van der Waals surface area contributed by atoms with Crippen LogP contribution >= 0.6 is 0 Å². The van der Waals surface area contributed by atoms with Crippen LogP contribution in [0.4, 0.5) is 0 Å². The van der Waals surface area contributed by atoms with Gasteiger partial charge < -0.3 is 29.0 Å². The van der Waals surface area contributed by atoms with Crippen LogP contribution in [0.2, 0.25) is 0 Å². The molecule has 11 nitrogen and oxygen atoms in total. The van der Waals surface area contributed by atoms with Crippen LogP contribution in [0.3, 0.4) is 0 Å². The number of unbranched alkanes of at least 4 members (excludes halogenated alkanes) is 4. The van der Waals surface area contributed by atoms with Crippen LogP contribution in [0, 0.1) is 0 Å². The monoisotopic (exact) mass is 473 g/mol. The van der Waals surface area contributed by atoms with Crippen LogP contribution in [0.1, 0.15) is 73.1 Å². The average molecular weight is 474 g/mol. The zero-order valence-corrected chi connectivity index (χ0v) is 19.9. The molecule has 1 heterocycles. The SMILES string of the molecule is CCCCCCCC(=O)N[C@@H]1[C@H](OC(C)=O)O[C@H](COC(C)=O)[C@@H](OC(C)=O)[C@@H]1OC(C)=O. The highest BCUT2D eigenvalue weighted by atomic mass is 16.7. The fraction of sp³-hybridized carbons (Fsp3) is 0.773. The van der Waals surface area contributed by atoms with Crippen molar-refractivity contribution in [3.8, 4) is 0 Å². The Morgan fingerprint density at radius 2 is 1.33 bits per heavy atom. The maximum atomic E-state index is 12.6. The van der Waals surface area contributed by atoms with Crippen molar-refractivity contribution < 1.29 is 47.7 Å². The molecule has 1 saturated heterocycles. The molecule has 0 aromatic rings. The van der Waals surface area contributed by atoms with E-state index < -0.39 is 54.5 Å². The van der Waals surface area contributed by atoms with Crippen molar-refractivity contribution in [1.29, 1.82) is 0 Å². The highest BCUT2D eigenvalue weighted by Gasteiger charge is 2.52. The summed E-state index contributed by atoms with van der Waals surface area (Å²) in [7, 11) is 0. The molecule has 11 heteroatoms. The summed E-state index contributed by atoms with van der Waals surface area (Å²) in [6, 6.07) is -1.15. The van der Waals surface area contributed by atoms with E-state index >= 15 is 0 Å². The molecule has 1 fully saturated rings. The summed E-state index contributed by atoms with van der Waals surface area (Å²) in [6.45, 7) is 6.36. The van der Waals surface area contributed by atoms with E-state index in [9.17, 15) is 24.0 Å². The van der Waals surface area contributed by atoms with E-state index in [1.807, 2.05) is 0 Å². The van der Waals surface area contributed by atoms with Crippen LogP contribution in [0.15, 0.2) is 0 Å². The Labute approximate surface area is 193 Å². The zero-order chi connectivity index (χ0) is 25.0. The number of carbonyl (C=O) groups is 5. The molecule has 1 amide bonds. The van der Waals surface area contributed by atoms with Crippen molar-refractivity contribution in [3.63, 3.8) is 0 Å². The van der Waals surface area contributed by atoms with Crippen molar-refractivity contribution in [3.05, 3.63) is 0 Å². The second-order valence-corrected chi connectivity index (χ2v) is 7.86. The van der Waals surface area contributed by atoms with Crippen LogP contribution in [0.25, 0.3) is 0 Å². The van der Waals surface area contributed by atoms with Crippen LogP contribution in [-0.2, 0) is 47.7 Å². The van der Waals surface area contributed by atoms with Crippen molar-refractivity contribution in [2.24, 2.45) is 0 Å². The molecule has 5 atom stereocenters.